The highest BCUT2D eigenvalue weighted by molar-refractivity contribution is 5.80. The second-order valence-electron chi connectivity index (χ2n) is 8.03. The lowest BCUT2D eigenvalue weighted by atomic mass is 10.0. The normalized spacial score (nSPS) is 24.0. The lowest BCUT2D eigenvalue weighted by molar-refractivity contribution is 0.0571. The Morgan fingerprint density at radius 1 is 0.929 bits per heavy atom. The Labute approximate surface area is 167 Å². The first kappa shape index (κ1) is 17.8. The fraction of sp³-hybridized carbons (Fsp3) is 0.417. The van der Waals surface area contributed by atoms with E-state index in [1.54, 1.807) is 0 Å². The van der Waals surface area contributed by atoms with E-state index in [1.165, 1.54) is 49.9 Å². The van der Waals surface area contributed by atoms with E-state index in [0.717, 1.165) is 30.0 Å². The lowest BCUT2D eigenvalue weighted by Gasteiger charge is -2.27. The summed E-state index contributed by atoms with van der Waals surface area (Å²) in [6.07, 6.45) is 6.26. The van der Waals surface area contributed by atoms with Crippen molar-refractivity contribution in [3.05, 3.63) is 71.3 Å². The van der Waals surface area contributed by atoms with Gasteiger partial charge < -0.3 is 9.64 Å². The minimum atomic E-state index is -0.327. The molecule has 4 heteroatoms. The molecule has 2 aromatic rings. The summed E-state index contributed by atoms with van der Waals surface area (Å²) in [6, 6.07) is 18.8. The number of nitrogens with one attached hydrogen (secondary N) is 1. The minimum absolute atomic E-state index is 0.327. The first-order chi connectivity index (χ1) is 13.9. The van der Waals surface area contributed by atoms with Crippen LogP contribution in [0.2, 0.25) is 0 Å². The third-order valence-electron chi connectivity index (χ3n) is 6.15. The zero-order valence-electron chi connectivity index (χ0n) is 16.3. The molecular weight excluding hydrogens is 348 g/mol. The number of hydrogen-bond acceptors (Lipinski definition) is 4. The van der Waals surface area contributed by atoms with Crippen molar-refractivity contribution in [3.8, 4) is 5.75 Å². The number of rotatable bonds is 6. The molecule has 0 spiro atoms. The van der Waals surface area contributed by atoms with Crippen LogP contribution in [0, 0.1) is 0 Å². The fourth-order valence-corrected chi connectivity index (χ4v) is 4.52. The average Bonchev–Trinajstić information content (AvgIpc) is 3.52. The highest BCUT2D eigenvalue weighted by Gasteiger charge is 2.58. The van der Waals surface area contributed by atoms with Gasteiger partial charge in [0.2, 0.25) is 0 Å². The van der Waals surface area contributed by atoms with Crippen molar-refractivity contribution in [3.63, 3.8) is 0 Å². The van der Waals surface area contributed by atoms with Gasteiger partial charge in [-0.2, -0.15) is 0 Å². The maximum Gasteiger partial charge on any atom is 0.162 e. The predicted octanol–water partition coefficient (Wildman–Crippen LogP) is 4.49. The monoisotopic (exact) mass is 376 g/mol. The molecule has 4 nitrogen and oxygen atoms in total. The highest BCUT2D eigenvalue weighted by atomic mass is 16.6. The van der Waals surface area contributed by atoms with Crippen molar-refractivity contribution in [2.45, 2.75) is 37.7 Å². The van der Waals surface area contributed by atoms with Gasteiger partial charge in [-0.05, 0) is 38.1 Å². The molecule has 1 aliphatic carbocycles. The maximum absolute atomic E-state index is 6.46. The fourth-order valence-electron chi connectivity index (χ4n) is 4.52. The second-order valence-corrected chi connectivity index (χ2v) is 8.03. The van der Waals surface area contributed by atoms with Crippen molar-refractivity contribution in [1.82, 2.24) is 10.4 Å². The van der Waals surface area contributed by atoms with Crippen molar-refractivity contribution in [2.24, 2.45) is 0 Å². The molecular formula is C24H28N2O2. The molecule has 28 heavy (non-hydrogen) atoms. The van der Waals surface area contributed by atoms with Crippen LogP contribution < -0.4 is 10.2 Å². The number of para-hydroxylation sites is 1. The standard InChI is InChI=1S/C24H28N2O2/c1-2-9-15-26(14-8-1)16-17-27-25-23-20-12-6-7-13-22(20)28-24(18-21(23)24)19-10-4-3-5-11-19/h3-7,10-13,25H,1-2,8-9,14-18H2. The minimum Gasteiger partial charge on any atom is -0.477 e. The summed E-state index contributed by atoms with van der Waals surface area (Å²) in [6.45, 7) is 4.08. The van der Waals surface area contributed by atoms with E-state index < -0.39 is 0 Å². The van der Waals surface area contributed by atoms with Gasteiger partial charge in [0.1, 0.15) is 5.75 Å². The van der Waals surface area contributed by atoms with Crippen molar-refractivity contribution >= 4 is 5.70 Å². The van der Waals surface area contributed by atoms with Gasteiger partial charge >= 0.3 is 0 Å². The number of hydroxylamine groups is 1. The highest BCUT2D eigenvalue weighted by Crippen LogP contribution is 2.60. The molecule has 1 unspecified atom stereocenters. The van der Waals surface area contributed by atoms with E-state index in [4.69, 9.17) is 9.57 Å². The molecule has 0 radical (unpaired) electrons. The Bertz CT molecular complexity index is 856. The van der Waals surface area contributed by atoms with E-state index >= 15 is 0 Å². The number of benzene rings is 2. The van der Waals surface area contributed by atoms with Crippen LogP contribution in [0.5, 0.6) is 5.75 Å². The Morgan fingerprint density at radius 2 is 1.68 bits per heavy atom. The summed E-state index contributed by atoms with van der Waals surface area (Å²) >= 11 is 0. The molecule has 2 heterocycles. The third-order valence-corrected chi connectivity index (χ3v) is 6.15. The first-order valence-electron chi connectivity index (χ1n) is 10.5. The number of fused-ring (bicyclic) bond motifs is 2. The van der Waals surface area contributed by atoms with Crippen molar-refractivity contribution < 1.29 is 9.57 Å². The maximum atomic E-state index is 6.46. The second kappa shape index (κ2) is 7.61. The van der Waals surface area contributed by atoms with Gasteiger partial charge in [0, 0.05) is 29.7 Å². The smallest absolute Gasteiger partial charge is 0.162 e. The quantitative estimate of drug-likeness (QED) is 0.595. The van der Waals surface area contributed by atoms with E-state index in [0.29, 0.717) is 6.61 Å². The zero-order chi connectivity index (χ0) is 18.8. The Balaban J connectivity index is 1.31. The molecule has 2 aromatic carbocycles. The van der Waals surface area contributed by atoms with Crippen LogP contribution in [0.15, 0.2) is 60.2 Å². The van der Waals surface area contributed by atoms with E-state index in [-0.39, 0.29) is 5.60 Å². The number of likely N-dealkylation sites (tertiary alicyclic amines) is 1. The third kappa shape index (κ3) is 3.31. The molecule has 2 aliphatic heterocycles. The van der Waals surface area contributed by atoms with Gasteiger partial charge in [-0.3, -0.25) is 10.3 Å². The van der Waals surface area contributed by atoms with Gasteiger partial charge in [-0.25, -0.2) is 0 Å². The molecule has 0 amide bonds. The van der Waals surface area contributed by atoms with Gasteiger partial charge in [-0.1, -0.05) is 55.3 Å². The molecule has 3 aliphatic rings. The van der Waals surface area contributed by atoms with Crippen LogP contribution in [0.4, 0.5) is 0 Å². The summed E-state index contributed by atoms with van der Waals surface area (Å²) in [5, 5.41) is 0. The van der Waals surface area contributed by atoms with Crippen LogP contribution in [0.1, 0.15) is 43.2 Å². The molecule has 1 saturated heterocycles. The summed E-state index contributed by atoms with van der Waals surface area (Å²) in [4.78, 5) is 8.47. The van der Waals surface area contributed by atoms with E-state index in [9.17, 15) is 0 Å². The Kier molecular flexibility index (Phi) is 4.83. The molecule has 1 atom stereocenters. The van der Waals surface area contributed by atoms with Crippen LogP contribution in [0.3, 0.4) is 0 Å². The van der Waals surface area contributed by atoms with Crippen LogP contribution >= 0.6 is 0 Å². The van der Waals surface area contributed by atoms with Gasteiger partial charge in [0.05, 0.1) is 12.3 Å². The van der Waals surface area contributed by atoms with E-state index in [2.05, 4.69) is 46.8 Å². The molecule has 0 aromatic heterocycles. The molecule has 5 rings (SSSR count). The predicted molar refractivity (Wildman–Crippen MR) is 111 cm³/mol. The average molecular weight is 377 g/mol. The van der Waals surface area contributed by atoms with Gasteiger partial charge in [0.25, 0.3) is 0 Å². The molecule has 1 saturated carbocycles. The SMILES string of the molecule is c1ccc(C23CC2=C(NOCCN2CCCCCC2)c2ccccc2O3)cc1. The number of nitrogens with zero attached hydrogens (tertiary/aromatic N) is 1. The van der Waals surface area contributed by atoms with Gasteiger partial charge in [0.15, 0.2) is 5.60 Å². The van der Waals surface area contributed by atoms with Gasteiger partial charge in [-0.15, -0.1) is 0 Å². The topological polar surface area (TPSA) is 33.7 Å². The first-order valence-corrected chi connectivity index (χ1v) is 10.5. The van der Waals surface area contributed by atoms with Crippen molar-refractivity contribution in [1.29, 1.82) is 0 Å². The van der Waals surface area contributed by atoms with Crippen LogP contribution in [-0.2, 0) is 10.4 Å². The zero-order valence-corrected chi connectivity index (χ0v) is 16.3. The molecule has 2 fully saturated rings. The molecule has 1 N–H and O–H groups in total. The number of hydrogen-bond donors (Lipinski definition) is 1. The summed E-state index contributed by atoms with van der Waals surface area (Å²) in [7, 11) is 0. The Morgan fingerprint density at radius 3 is 2.50 bits per heavy atom. The Hall–Kier alpha value is -2.30. The lowest BCUT2D eigenvalue weighted by Crippen LogP contribution is -2.31. The van der Waals surface area contributed by atoms with Crippen LogP contribution in [-0.4, -0.2) is 31.1 Å². The summed E-state index contributed by atoms with van der Waals surface area (Å²) in [5.41, 5.74) is 7.64. The largest absolute Gasteiger partial charge is 0.477 e. The van der Waals surface area contributed by atoms with Crippen LogP contribution in [0.25, 0.3) is 5.70 Å². The molecule has 0 bridgehead atoms. The summed E-state index contributed by atoms with van der Waals surface area (Å²) < 4.78 is 6.46. The molecule has 146 valence electrons. The van der Waals surface area contributed by atoms with Crippen molar-refractivity contribution in [2.75, 3.05) is 26.2 Å². The summed E-state index contributed by atoms with van der Waals surface area (Å²) in [5.74, 6) is 0.922. The number of ether oxygens (including phenoxy) is 1. The van der Waals surface area contributed by atoms with E-state index in [1.807, 2.05) is 18.2 Å².